The van der Waals surface area contributed by atoms with E-state index in [0.29, 0.717) is 0 Å². The van der Waals surface area contributed by atoms with Crippen LogP contribution in [0, 0.1) is 10.0 Å². The van der Waals surface area contributed by atoms with Crippen molar-refractivity contribution in [3.8, 4) is 15.8 Å². The Balaban J connectivity index is 2.64. The molecule has 0 spiro atoms. The van der Waals surface area contributed by atoms with E-state index in [4.69, 9.17) is 4.74 Å². The van der Waals surface area contributed by atoms with E-state index in [2.05, 4.69) is 10.0 Å². The molecule has 2 heteroatoms. The van der Waals surface area contributed by atoms with Crippen molar-refractivity contribution in [2.45, 2.75) is 0 Å². The molecule has 0 aliphatic carbocycles. The van der Waals surface area contributed by atoms with Crippen LogP contribution in [0.15, 0.2) is 30.3 Å². The van der Waals surface area contributed by atoms with E-state index in [0.717, 1.165) is 5.75 Å². The summed E-state index contributed by atoms with van der Waals surface area (Å²) in [6, 6.07) is 9.47. The number of para-hydroxylation sites is 1. The highest BCUT2D eigenvalue weighted by molar-refractivity contribution is 14.1. The predicted molar refractivity (Wildman–Crippen MR) is 48.9 cm³/mol. The summed E-state index contributed by atoms with van der Waals surface area (Å²) in [5.74, 6) is 0.784. The lowest BCUT2D eigenvalue weighted by atomic mass is 10.3. The van der Waals surface area contributed by atoms with Crippen molar-refractivity contribution in [3.63, 3.8) is 0 Å². The summed E-state index contributed by atoms with van der Waals surface area (Å²) in [5.41, 5.74) is 0. The predicted octanol–water partition coefficient (Wildman–Crippen LogP) is 2.42. The van der Waals surface area contributed by atoms with Gasteiger partial charge in [0.15, 0.2) is 0 Å². The van der Waals surface area contributed by atoms with Crippen LogP contribution in [-0.2, 0) is 0 Å². The van der Waals surface area contributed by atoms with Crippen molar-refractivity contribution in [3.05, 3.63) is 30.3 Å². The Kier molecular flexibility index (Phi) is 3.10. The van der Waals surface area contributed by atoms with Crippen molar-refractivity contribution in [2.24, 2.45) is 0 Å². The molecule has 0 saturated carbocycles. The number of rotatable bonds is 1. The summed E-state index contributed by atoms with van der Waals surface area (Å²) in [4.78, 5) is 0. The number of halogens is 1. The zero-order valence-electron chi connectivity index (χ0n) is 5.17. The second-order valence-electron chi connectivity index (χ2n) is 1.61. The highest BCUT2D eigenvalue weighted by Crippen LogP contribution is 2.06. The van der Waals surface area contributed by atoms with Gasteiger partial charge in [-0.15, -0.1) is 0 Å². The van der Waals surface area contributed by atoms with Gasteiger partial charge in [0.05, 0.1) is 0 Å². The first-order valence-corrected chi connectivity index (χ1v) is 3.84. The molecular weight excluding hydrogens is 239 g/mol. The third-order valence-corrected chi connectivity index (χ3v) is 1.17. The van der Waals surface area contributed by atoms with Crippen LogP contribution in [-0.4, -0.2) is 0 Å². The van der Waals surface area contributed by atoms with Crippen molar-refractivity contribution in [2.75, 3.05) is 0 Å². The topological polar surface area (TPSA) is 9.23 Å². The molecule has 0 saturated heterocycles. The lowest BCUT2D eigenvalue weighted by molar-refractivity contribution is 0.520. The summed E-state index contributed by atoms with van der Waals surface area (Å²) in [6.45, 7) is 0. The maximum Gasteiger partial charge on any atom is 0.140 e. The molecule has 0 fully saturated rings. The molecule has 1 aromatic rings. The van der Waals surface area contributed by atoms with E-state index in [1.54, 1.807) is 0 Å². The van der Waals surface area contributed by atoms with Crippen LogP contribution < -0.4 is 4.74 Å². The number of ether oxygens (including phenoxy) is 1. The Morgan fingerprint density at radius 2 is 1.90 bits per heavy atom. The second-order valence-corrected chi connectivity index (χ2v) is 2.15. The Morgan fingerprint density at radius 3 is 2.50 bits per heavy atom. The van der Waals surface area contributed by atoms with Crippen LogP contribution >= 0.6 is 22.6 Å². The molecule has 50 valence electrons. The van der Waals surface area contributed by atoms with Gasteiger partial charge in [-0.25, -0.2) is 0 Å². The standard InChI is InChI=1S/C8H5IO/c9-6-7-10-8-4-2-1-3-5-8/h1-5H. The van der Waals surface area contributed by atoms with Gasteiger partial charge < -0.3 is 4.74 Å². The summed E-state index contributed by atoms with van der Waals surface area (Å²) in [7, 11) is 0. The molecular formula is C8H5IO. The van der Waals surface area contributed by atoms with Crippen LogP contribution in [0.1, 0.15) is 0 Å². The molecule has 1 aromatic carbocycles. The maximum absolute atomic E-state index is 4.99. The fourth-order valence-electron chi connectivity index (χ4n) is 0.567. The molecule has 10 heavy (non-hydrogen) atoms. The summed E-state index contributed by atoms with van der Waals surface area (Å²) in [6.07, 6.45) is 2.50. The zero-order valence-corrected chi connectivity index (χ0v) is 7.33. The molecule has 0 atom stereocenters. The van der Waals surface area contributed by atoms with Gasteiger partial charge in [0, 0.05) is 26.5 Å². The molecule has 0 aliphatic heterocycles. The van der Waals surface area contributed by atoms with Gasteiger partial charge in [0.1, 0.15) is 11.9 Å². The largest absolute Gasteiger partial charge is 0.407 e. The Morgan fingerprint density at radius 1 is 1.20 bits per heavy atom. The van der Waals surface area contributed by atoms with E-state index in [1.165, 1.54) is 0 Å². The lowest BCUT2D eigenvalue weighted by Gasteiger charge is -1.92. The van der Waals surface area contributed by atoms with Crippen LogP contribution in [0.25, 0.3) is 0 Å². The first kappa shape index (κ1) is 7.42. The number of hydrogen-bond acceptors (Lipinski definition) is 1. The number of hydrogen-bond donors (Lipinski definition) is 0. The summed E-state index contributed by atoms with van der Waals surface area (Å²) >= 11 is 1.93. The summed E-state index contributed by atoms with van der Waals surface area (Å²) < 4.78 is 7.60. The monoisotopic (exact) mass is 244 g/mol. The minimum atomic E-state index is 0.784. The molecule has 0 amide bonds. The van der Waals surface area contributed by atoms with Gasteiger partial charge in [0.25, 0.3) is 0 Å². The maximum atomic E-state index is 4.99. The normalized spacial score (nSPS) is 7.70. The van der Waals surface area contributed by atoms with Crippen LogP contribution in [0.3, 0.4) is 0 Å². The fraction of sp³-hybridized carbons (Fsp3) is 0. The van der Waals surface area contributed by atoms with Crippen LogP contribution in [0.5, 0.6) is 5.75 Å². The van der Waals surface area contributed by atoms with E-state index in [9.17, 15) is 0 Å². The zero-order chi connectivity index (χ0) is 7.23. The van der Waals surface area contributed by atoms with Crippen molar-refractivity contribution < 1.29 is 4.74 Å². The van der Waals surface area contributed by atoms with E-state index < -0.39 is 0 Å². The highest BCUT2D eigenvalue weighted by atomic mass is 127. The molecule has 0 aromatic heterocycles. The lowest BCUT2D eigenvalue weighted by Crippen LogP contribution is -1.78. The third kappa shape index (κ3) is 2.28. The van der Waals surface area contributed by atoms with Crippen LogP contribution in [0.2, 0.25) is 0 Å². The first-order chi connectivity index (χ1) is 4.93. The summed E-state index contributed by atoms with van der Waals surface area (Å²) in [5, 5.41) is 0. The molecule has 0 aliphatic rings. The van der Waals surface area contributed by atoms with E-state index in [1.807, 2.05) is 52.9 Å². The van der Waals surface area contributed by atoms with Crippen molar-refractivity contribution in [1.29, 1.82) is 0 Å². The van der Waals surface area contributed by atoms with E-state index >= 15 is 0 Å². The fourth-order valence-corrected chi connectivity index (χ4v) is 0.677. The Labute approximate surface area is 73.5 Å². The second kappa shape index (κ2) is 4.18. The van der Waals surface area contributed by atoms with E-state index in [-0.39, 0.29) is 0 Å². The average Bonchev–Trinajstić information content (AvgIpc) is 2.03. The van der Waals surface area contributed by atoms with Gasteiger partial charge in [-0.3, -0.25) is 0 Å². The molecule has 1 nitrogen and oxygen atoms in total. The van der Waals surface area contributed by atoms with Gasteiger partial charge in [-0.1, -0.05) is 18.2 Å². The highest BCUT2D eigenvalue weighted by Gasteiger charge is 1.83. The van der Waals surface area contributed by atoms with Crippen molar-refractivity contribution >= 4 is 22.6 Å². The Bertz CT molecular complexity index is 245. The third-order valence-electron chi connectivity index (χ3n) is 0.951. The minimum Gasteiger partial charge on any atom is -0.407 e. The smallest absolute Gasteiger partial charge is 0.140 e. The van der Waals surface area contributed by atoms with Crippen LogP contribution in [0.4, 0.5) is 0 Å². The average molecular weight is 244 g/mol. The minimum absolute atomic E-state index is 0.784. The van der Waals surface area contributed by atoms with Gasteiger partial charge in [-0.05, 0) is 12.1 Å². The molecule has 0 N–H and O–H groups in total. The molecule has 0 bridgehead atoms. The van der Waals surface area contributed by atoms with Gasteiger partial charge in [-0.2, -0.15) is 0 Å². The molecule has 0 unspecified atom stereocenters. The molecule has 0 heterocycles. The van der Waals surface area contributed by atoms with Crippen molar-refractivity contribution in [1.82, 2.24) is 0 Å². The number of benzene rings is 1. The SMILES string of the molecule is IC#COc1ccccc1. The Hall–Kier alpha value is -0.690. The van der Waals surface area contributed by atoms with Gasteiger partial charge >= 0.3 is 0 Å². The quantitative estimate of drug-likeness (QED) is 0.544. The van der Waals surface area contributed by atoms with Gasteiger partial charge in [0.2, 0.25) is 0 Å². The molecule has 1 rings (SSSR count). The first-order valence-electron chi connectivity index (χ1n) is 2.76. The molecule has 0 radical (unpaired) electrons.